The van der Waals surface area contributed by atoms with Crippen LogP contribution in [-0.4, -0.2) is 23.5 Å². The molecule has 0 radical (unpaired) electrons. The Kier molecular flexibility index (Phi) is 4.89. The van der Waals surface area contributed by atoms with E-state index in [1.165, 1.54) is 45.1 Å². The van der Waals surface area contributed by atoms with Crippen molar-refractivity contribution in [2.75, 3.05) is 6.54 Å². The highest BCUT2D eigenvalue weighted by molar-refractivity contribution is 5.16. The first-order chi connectivity index (χ1) is 8.72. The molecule has 0 unspecified atom stereocenters. The zero-order valence-corrected chi connectivity index (χ0v) is 12.8. The molecule has 2 aliphatic rings. The maximum absolute atomic E-state index is 2.87. The smallest absolute Gasteiger partial charge is 0.0336 e. The summed E-state index contributed by atoms with van der Waals surface area (Å²) in [5, 5.41) is 0. The van der Waals surface area contributed by atoms with Crippen LogP contribution in [0.4, 0.5) is 0 Å². The summed E-state index contributed by atoms with van der Waals surface area (Å²) < 4.78 is 0. The molecule has 0 aromatic heterocycles. The second kappa shape index (κ2) is 6.23. The molecule has 18 heavy (non-hydrogen) atoms. The summed E-state index contributed by atoms with van der Waals surface area (Å²) in [4.78, 5) is 2.87. The molecule has 2 rings (SSSR count). The van der Waals surface area contributed by atoms with Crippen molar-refractivity contribution in [2.45, 2.75) is 78.3 Å². The fraction of sp³-hybridized carbons (Fsp3) is 0.882. The molecule has 2 heterocycles. The summed E-state index contributed by atoms with van der Waals surface area (Å²) in [5.74, 6) is 1.81. The molecule has 1 heteroatoms. The van der Waals surface area contributed by atoms with E-state index in [2.05, 4.69) is 38.7 Å². The lowest BCUT2D eigenvalue weighted by molar-refractivity contribution is 0.0488. The van der Waals surface area contributed by atoms with Gasteiger partial charge in [-0.05, 0) is 50.5 Å². The van der Waals surface area contributed by atoms with Crippen LogP contribution in [0.1, 0.15) is 66.2 Å². The molecule has 0 bridgehead atoms. The van der Waals surface area contributed by atoms with Crippen molar-refractivity contribution < 1.29 is 0 Å². The van der Waals surface area contributed by atoms with Gasteiger partial charge in [0.1, 0.15) is 0 Å². The monoisotopic (exact) mass is 249 g/mol. The molecular weight excluding hydrogens is 218 g/mol. The van der Waals surface area contributed by atoms with Crippen molar-refractivity contribution in [3.8, 4) is 0 Å². The maximum atomic E-state index is 2.87. The number of piperidine rings is 1. The summed E-state index contributed by atoms with van der Waals surface area (Å²) in [6, 6.07) is 1.65. The molecule has 0 spiro atoms. The molecule has 4 atom stereocenters. The second-order valence-electron chi connectivity index (χ2n) is 6.31. The van der Waals surface area contributed by atoms with Gasteiger partial charge in [0.15, 0.2) is 0 Å². The molecule has 0 aromatic carbocycles. The third-order valence-electron chi connectivity index (χ3n) is 5.24. The van der Waals surface area contributed by atoms with Gasteiger partial charge in [0.05, 0.1) is 0 Å². The molecule has 2 aliphatic heterocycles. The van der Waals surface area contributed by atoms with Crippen LogP contribution >= 0.6 is 0 Å². The Morgan fingerprint density at radius 2 is 2.06 bits per heavy atom. The second-order valence-corrected chi connectivity index (χ2v) is 6.31. The van der Waals surface area contributed by atoms with Gasteiger partial charge in [0.25, 0.3) is 0 Å². The minimum atomic E-state index is 0.755. The molecule has 0 saturated carbocycles. The highest BCUT2D eigenvalue weighted by Gasteiger charge is 2.43. The van der Waals surface area contributed by atoms with Crippen LogP contribution in [0, 0.1) is 11.8 Å². The van der Waals surface area contributed by atoms with Crippen LogP contribution < -0.4 is 0 Å². The zero-order valence-electron chi connectivity index (χ0n) is 12.8. The summed E-state index contributed by atoms with van der Waals surface area (Å²) in [6.07, 6.45) is 10.6. The Morgan fingerprint density at radius 3 is 2.67 bits per heavy atom. The fourth-order valence-corrected chi connectivity index (χ4v) is 4.51. The predicted octanol–water partition coefficient (Wildman–Crippen LogP) is 4.63. The van der Waals surface area contributed by atoms with Crippen molar-refractivity contribution in [1.29, 1.82) is 0 Å². The standard InChI is InChI=1S/C17H31N/c1-5-9-14(6-2)17-13(4)12-15(7-3)16-10-8-11-18(16)17/h9,13,15-17H,5-8,10-12H2,1-4H3/b14-9+/t13-,15-,16-,17+/m1/s1. The third kappa shape index (κ3) is 2.52. The van der Waals surface area contributed by atoms with Crippen molar-refractivity contribution >= 4 is 0 Å². The summed E-state index contributed by atoms with van der Waals surface area (Å²) in [6.45, 7) is 10.8. The Labute approximate surface area is 114 Å². The summed E-state index contributed by atoms with van der Waals surface area (Å²) >= 11 is 0. The predicted molar refractivity (Wildman–Crippen MR) is 79.7 cm³/mol. The lowest BCUT2D eigenvalue weighted by Gasteiger charge is -2.47. The van der Waals surface area contributed by atoms with Crippen LogP contribution in [0.2, 0.25) is 0 Å². The van der Waals surface area contributed by atoms with Crippen LogP contribution in [0.3, 0.4) is 0 Å². The molecule has 0 amide bonds. The number of rotatable bonds is 4. The molecule has 2 fully saturated rings. The Morgan fingerprint density at radius 1 is 1.28 bits per heavy atom. The molecule has 0 N–H and O–H groups in total. The highest BCUT2D eigenvalue weighted by atomic mass is 15.2. The largest absolute Gasteiger partial charge is 0.293 e. The Bertz CT molecular complexity index is 294. The molecule has 1 nitrogen and oxygen atoms in total. The number of allylic oxidation sites excluding steroid dienone is 1. The van der Waals surface area contributed by atoms with E-state index in [-0.39, 0.29) is 0 Å². The van der Waals surface area contributed by atoms with Gasteiger partial charge in [-0.25, -0.2) is 0 Å². The first-order valence-electron chi connectivity index (χ1n) is 8.17. The van der Waals surface area contributed by atoms with E-state index in [1.807, 2.05) is 0 Å². The maximum Gasteiger partial charge on any atom is 0.0336 e. The minimum absolute atomic E-state index is 0.755. The van der Waals surface area contributed by atoms with Crippen LogP contribution in [0.5, 0.6) is 0 Å². The van der Waals surface area contributed by atoms with Gasteiger partial charge in [-0.2, -0.15) is 0 Å². The lowest BCUT2D eigenvalue weighted by atomic mass is 9.75. The first kappa shape index (κ1) is 14.1. The van der Waals surface area contributed by atoms with Crippen molar-refractivity contribution in [3.63, 3.8) is 0 Å². The van der Waals surface area contributed by atoms with Gasteiger partial charge < -0.3 is 0 Å². The van der Waals surface area contributed by atoms with E-state index < -0.39 is 0 Å². The van der Waals surface area contributed by atoms with Gasteiger partial charge in [0.2, 0.25) is 0 Å². The van der Waals surface area contributed by atoms with Crippen molar-refractivity contribution in [3.05, 3.63) is 11.6 Å². The summed E-state index contributed by atoms with van der Waals surface area (Å²) in [5.41, 5.74) is 1.71. The molecule has 0 aromatic rings. The summed E-state index contributed by atoms with van der Waals surface area (Å²) in [7, 11) is 0. The van der Waals surface area contributed by atoms with E-state index in [0.29, 0.717) is 0 Å². The average Bonchev–Trinajstić information content (AvgIpc) is 2.84. The Balaban J connectivity index is 2.21. The van der Waals surface area contributed by atoms with Crippen molar-refractivity contribution in [1.82, 2.24) is 4.90 Å². The van der Waals surface area contributed by atoms with E-state index >= 15 is 0 Å². The normalized spacial score (nSPS) is 37.9. The van der Waals surface area contributed by atoms with Crippen molar-refractivity contribution in [2.24, 2.45) is 11.8 Å². The first-order valence-corrected chi connectivity index (χ1v) is 8.17. The van der Waals surface area contributed by atoms with Crippen LogP contribution in [0.25, 0.3) is 0 Å². The van der Waals surface area contributed by atoms with E-state index in [0.717, 1.165) is 23.9 Å². The molecular formula is C17H31N. The van der Waals surface area contributed by atoms with Gasteiger partial charge in [0, 0.05) is 12.1 Å². The topological polar surface area (TPSA) is 3.24 Å². The molecule has 104 valence electrons. The number of hydrogen-bond donors (Lipinski definition) is 0. The Hall–Kier alpha value is -0.300. The SMILES string of the molecule is CC/C=C(\CC)[C@@H]1[C@H](C)C[C@@H](CC)[C@H]2CCCN21. The van der Waals surface area contributed by atoms with Crippen LogP contribution in [0.15, 0.2) is 11.6 Å². The van der Waals surface area contributed by atoms with E-state index in [1.54, 1.807) is 5.57 Å². The molecule has 2 saturated heterocycles. The quantitative estimate of drug-likeness (QED) is 0.657. The minimum Gasteiger partial charge on any atom is -0.293 e. The van der Waals surface area contributed by atoms with Gasteiger partial charge in [-0.1, -0.05) is 45.8 Å². The van der Waals surface area contributed by atoms with E-state index in [9.17, 15) is 0 Å². The number of fused-ring (bicyclic) bond motifs is 1. The molecule has 0 aliphatic carbocycles. The van der Waals surface area contributed by atoms with Gasteiger partial charge in [-0.3, -0.25) is 4.90 Å². The third-order valence-corrected chi connectivity index (χ3v) is 5.24. The van der Waals surface area contributed by atoms with Gasteiger partial charge >= 0.3 is 0 Å². The van der Waals surface area contributed by atoms with Gasteiger partial charge in [-0.15, -0.1) is 0 Å². The number of nitrogens with zero attached hydrogens (tertiary/aromatic N) is 1. The number of hydrogen-bond acceptors (Lipinski definition) is 1. The van der Waals surface area contributed by atoms with E-state index in [4.69, 9.17) is 0 Å². The lowest BCUT2D eigenvalue weighted by Crippen LogP contribution is -2.52. The zero-order chi connectivity index (χ0) is 13.1. The fourth-order valence-electron chi connectivity index (χ4n) is 4.51. The highest BCUT2D eigenvalue weighted by Crippen LogP contribution is 2.42. The average molecular weight is 249 g/mol. The van der Waals surface area contributed by atoms with Crippen LogP contribution in [-0.2, 0) is 0 Å².